The molecule has 122 valence electrons. The first-order valence-electron chi connectivity index (χ1n) is 6.99. The maximum absolute atomic E-state index is 11.5. The second-order valence-electron chi connectivity index (χ2n) is 4.89. The topological polar surface area (TPSA) is 114 Å². The minimum Gasteiger partial charge on any atom is -0.469 e. The number of nitrogens with one attached hydrogen (secondary N) is 1. The first-order valence-corrected chi connectivity index (χ1v) is 8.70. The largest absolute Gasteiger partial charge is 0.469 e. The minimum absolute atomic E-state index is 0.0708. The summed E-state index contributed by atoms with van der Waals surface area (Å²) < 4.78 is 26.6. The van der Waals surface area contributed by atoms with Crippen molar-refractivity contribution < 1.29 is 17.9 Å². The number of hydrogen-bond acceptors (Lipinski definition) is 5. The van der Waals surface area contributed by atoms with Crippen LogP contribution >= 0.6 is 0 Å². The van der Waals surface area contributed by atoms with Gasteiger partial charge in [0.1, 0.15) is 0 Å². The third-order valence-corrected chi connectivity index (χ3v) is 4.05. The van der Waals surface area contributed by atoms with Gasteiger partial charge in [0, 0.05) is 19.6 Å². The second-order valence-corrected chi connectivity index (χ2v) is 6.62. The molecule has 0 aromatic heterocycles. The Balaban J connectivity index is 2.58. The summed E-state index contributed by atoms with van der Waals surface area (Å²) in [7, 11) is -2.11. The van der Waals surface area contributed by atoms with Gasteiger partial charge in [0.2, 0.25) is 10.0 Å². The number of piperidine rings is 1. The minimum atomic E-state index is -3.50. The third kappa shape index (κ3) is 6.30. The third-order valence-electron chi connectivity index (χ3n) is 3.30. The molecular formula is C12H24N4O4S. The van der Waals surface area contributed by atoms with E-state index in [1.54, 1.807) is 0 Å². The average molecular weight is 320 g/mol. The molecule has 3 N–H and O–H groups in total. The Morgan fingerprint density at radius 1 is 1.43 bits per heavy atom. The Bertz CT molecular complexity index is 470. The predicted octanol–water partition coefficient (Wildman–Crippen LogP) is -0.875. The first-order chi connectivity index (χ1) is 9.87. The average Bonchev–Trinajstić information content (AvgIpc) is 2.44. The lowest BCUT2D eigenvalue weighted by molar-refractivity contribution is -0.146. The Kier molecular flexibility index (Phi) is 6.90. The monoisotopic (exact) mass is 320 g/mol. The number of carbonyl (C=O) groups excluding carboxylic acids is 1. The van der Waals surface area contributed by atoms with Gasteiger partial charge in [0.05, 0.1) is 25.3 Å². The van der Waals surface area contributed by atoms with E-state index in [1.165, 1.54) is 7.11 Å². The summed E-state index contributed by atoms with van der Waals surface area (Å²) in [6.07, 6.45) is 1.40. The zero-order chi connectivity index (χ0) is 15.9. The fraction of sp³-hybridized carbons (Fsp3) is 0.833. The molecule has 21 heavy (non-hydrogen) atoms. The summed E-state index contributed by atoms with van der Waals surface area (Å²) in [4.78, 5) is 17.8. The molecule has 0 aromatic rings. The van der Waals surface area contributed by atoms with Crippen LogP contribution in [-0.4, -0.2) is 64.3 Å². The molecule has 0 radical (unpaired) electrons. The zero-order valence-corrected chi connectivity index (χ0v) is 13.4. The van der Waals surface area contributed by atoms with E-state index in [9.17, 15) is 13.2 Å². The van der Waals surface area contributed by atoms with Gasteiger partial charge in [-0.1, -0.05) is 0 Å². The Morgan fingerprint density at radius 3 is 2.52 bits per heavy atom. The fourth-order valence-corrected chi connectivity index (χ4v) is 2.54. The lowest BCUT2D eigenvalue weighted by Crippen LogP contribution is -2.46. The van der Waals surface area contributed by atoms with Crippen LogP contribution in [0.2, 0.25) is 0 Å². The van der Waals surface area contributed by atoms with E-state index >= 15 is 0 Å². The van der Waals surface area contributed by atoms with Crippen LogP contribution in [0.25, 0.3) is 0 Å². The van der Waals surface area contributed by atoms with E-state index in [0.29, 0.717) is 38.4 Å². The SMILES string of the molecule is CCNC(=NCCS(N)(=O)=O)N1CCC(C(=O)OC)CC1. The highest BCUT2D eigenvalue weighted by Gasteiger charge is 2.26. The predicted molar refractivity (Wildman–Crippen MR) is 80.3 cm³/mol. The van der Waals surface area contributed by atoms with E-state index in [4.69, 9.17) is 9.88 Å². The number of aliphatic imine (C=N–C) groups is 1. The van der Waals surface area contributed by atoms with Crippen LogP contribution in [-0.2, 0) is 19.6 Å². The normalized spacial score (nSPS) is 17.7. The highest BCUT2D eigenvalue weighted by Crippen LogP contribution is 2.18. The van der Waals surface area contributed by atoms with Gasteiger partial charge in [0.15, 0.2) is 5.96 Å². The smallest absolute Gasteiger partial charge is 0.308 e. The van der Waals surface area contributed by atoms with E-state index in [0.717, 1.165) is 0 Å². The summed E-state index contributed by atoms with van der Waals surface area (Å²) >= 11 is 0. The number of carbonyl (C=O) groups is 1. The second kappa shape index (κ2) is 8.18. The number of nitrogens with zero attached hydrogens (tertiary/aromatic N) is 2. The number of ether oxygens (including phenoxy) is 1. The molecule has 1 heterocycles. The van der Waals surface area contributed by atoms with E-state index in [2.05, 4.69) is 10.3 Å². The van der Waals surface area contributed by atoms with Crippen molar-refractivity contribution in [3.05, 3.63) is 0 Å². The zero-order valence-electron chi connectivity index (χ0n) is 12.5. The van der Waals surface area contributed by atoms with Crippen LogP contribution < -0.4 is 10.5 Å². The van der Waals surface area contributed by atoms with Crippen LogP contribution in [0.4, 0.5) is 0 Å². The van der Waals surface area contributed by atoms with Gasteiger partial charge < -0.3 is 15.0 Å². The summed E-state index contributed by atoms with van der Waals surface area (Å²) in [6, 6.07) is 0. The Labute approximate surface area is 125 Å². The molecule has 0 aliphatic carbocycles. The van der Waals surface area contributed by atoms with Gasteiger partial charge >= 0.3 is 5.97 Å². The summed E-state index contributed by atoms with van der Waals surface area (Å²) in [5, 5.41) is 8.08. The lowest BCUT2D eigenvalue weighted by Gasteiger charge is -2.33. The summed E-state index contributed by atoms with van der Waals surface area (Å²) in [5.74, 6) is 0.231. The van der Waals surface area contributed by atoms with Gasteiger partial charge in [-0.15, -0.1) is 0 Å². The molecule has 1 rings (SSSR count). The molecule has 0 bridgehead atoms. The highest BCUT2D eigenvalue weighted by molar-refractivity contribution is 7.89. The molecule has 9 heteroatoms. The maximum atomic E-state index is 11.5. The van der Waals surface area contributed by atoms with Crippen molar-refractivity contribution in [1.29, 1.82) is 0 Å². The number of likely N-dealkylation sites (tertiary alicyclic amines) is 1. The molecule has 1 fully saturated rings. The molecule has 0 atom stereocenters. The molecule has 0 spiro atoms. The van der Waals surface area contributed by atoms with Gasteiger partial charge in [-0.25, -0.2) is 13.6 Å². The lowest BCUT2D eigenvalue weighted by atomic mass is 9.97. The number of esters is 1. The molecular weight excluding hydrogens is 296 g/mol. The Hall–Kier alpha value is -1.35. The number of hydrogen-bond donors (Lipinski definition) is 2. The highest BCUT2D eigenvalue weighted by atomic mass is 32.2. The van der Waals surface area contributed by atoms with Gasteiger partial charge in [-0.2, -0.15) is 0 Å². The first kappa shape index (κ1) is 17.7. The quantitative estimate of drug-likeness (QED) is 0.386. The van der Waals surface area contributed by atoms with Crippen LogP contribution in [0.15, 0.2) is 4.99 Å². The number of guanidine groups is 1. The molecule has 0 amide bonds. The number of rotatable bonds is 5. The van der Waals surface area contributed by atoms with Gasteiger partial charge in [-0.3, -0.25) is 9.79 Å². The van der Waals surface area contributed by atoms with Crippen molar-refractivity contribution >= 4 is 22.0 Å². The number of primary sulfonamides is 1. The van der Waals surface area contributed by atoms with E-state index < -0.39 is 10.0 Å². The Morgan fingerprint density at radius 2 is 2.05 bits per heavy atom. The molecule has 1 saturated heterocycles. The van der Waals surface area contributed by atoms with Crippen LogP contribution in [0.5, 0.6) is 0 Å². The molecule has 1 aliphatic heterocycles. The van der Waals surface area contributed by atoms with Gasteiger partial charge in [0.25, 0.3) is 0 Å². The van der Waals surface area contributed by atoms with E-state index in [-0.39, 0.29) is 24.2 Å². The molecule has 1 aliphatic rings. The van der Waals surface area contributed by atoms with Crippen molar-refractivity contribution in [3.63, 3.8) is 0 Å². The molecule has 0 saturated carbocycles. The maximum Gasteiger partial charge on any atom is 0.308 e. The summed E-state index contributed by atoms with van der Waals surface area (Å²) in [5.41, 5.74) is 0. The summed E-state index contributed by atoms with van der Waals surface area (Å²) in [6.45, 7) is 4.11. The van der Waals surface area contributed by atoms with Crippen molar-refractivity contribution in [1.82, 2.24) is 10.2 Å². The van der Waals surface area contributed by atoms with E-state index in [1.807, 2.05) is 11.8 Å². The molecule has 0 unspecified atom stereocenters. The standard InChI is InChI=1S/C12H24N4O4S/c1-3-14-12(15-6-9-21(13,18)19)16-7-4-10(5-8-16)11(17)20-2/h10H,3-9H2,1-2H3,(H,14,15)(H2,13,18,19). The number of methoxy groups -OCH3 is 1. The van der Waals surface area contributed by atoms with Crippen molar-refractivity contribution in [2.45, 2.75) is 19.8 Å². The van der Waals surface area contributed by atoms with Gasteiger partial charge in [-0.05, 0) is 19.8 Å². The van der Waals surface area contributed by atoms with Crippen molar-refractivity contribution in [2.24, 2.45) is 16.0 Å². The van der Waals surface area contributed by atoms with Crippen molar-refractivity contribution in [2.75, 3.05) is 39.0 Å². The van der Waals surface area contributed by atoms with Crippen LogP contribution in [0, 0.1) is 5.92 Å². The van der Waals surface area contributed by atoms with Crippen LogP contribution in [0.1, 0.15) is 19.8 Å². The van der Waals surface area contributed by atoms with Crippen molar-refractivity contribution in [3.8, 4) is 0 Å². The number of nitrogens with two attached hydrogens (primary N) is 1. The number of sulfonamides is 1. The van der Waals surface area contributed by atoms with Crippen LogP contribution in [0.3, 0.4) is 0 Å². The molecule has 0 aromatic carbocycles. The fourth-order valence-electron chi connectivity index (χ4n) is 2.20. The molecule has 8 nitrogen and oxygen atoms in total.